The minimum Gasteiger partial charge on any atom is -0.389 e. The average Bonchev–Trinajstić information content (AvgIpc) is 2.59. The number of benzene rings is 1. The van der Waals surface area contributed by atoms with Crippen molar-refractivity contribution < 1.29 is 9.90 Å². The number of likely N-dealkylation sites (tertiary alicyclic amines) is 1. The summed E-state index contributed by atoms with van der Waals surface area (Å²) in [5.74, 6) is 0.102. The van der Waals surface area contributed by atoms with Crippen molar-refractivity contribution in [3.8, 4) is 0 Å². The summed E-state index contributed by atoms with van der Waals surface area (Å²) in [6, 6.07) is 10.3. The molecule has 2 aliphatic rings. The molecule has 0 spiro atoms. The van der Waals surface area contributed by atoms with Crippen LogP contribution in [0.25, 0.3) is 0 Å². The standard InChI is InChI=1S/C18H27N3O2/c1-19-9-7-18(23,8-10-19)15-17(22)21-13-11-20(12-14-21)16-5-3-2-4-6-16/h2-6,23H,7-15H2,1H3. The summed E-state index contributed by atoms with van der Waals surface area (Å²) in [4.78, 5) is 19.0. The maximum atomic E-state index is 12.5. The van der Waals surface area contributed by atoms with Crippen LogP contribution in [0.3, 0.4) is 0 Å². The van der Waals surface area contributed by atoms with Gasteiger partial charge in [-0.15, -0.1) is 0 Å². The Labute approximate surface area is 138 Å². The molecule has 2 fully saturated rings. The van der Waals surface area contributed by atoms with E-state index in [2.05, 4.69) is 29.0 Å². The Morgan fingerprint density at radius 2 is 1.65 bits per heavy atom. The summed E-state index contributed by atoms with van der Waals surface area (Å²) in [5, 5.41) is 10.6. The summed E-state index contributed by atoms with van der Waals surface area (Å²) in [6.45, 7) is 4.93. The van der Waals surface area contributed by atoms with Gasteiger partial charge in [-0.05, 0) is 32.0 Å². The highest BCUT2D eigenvalue weighted by Gasteiger charge is 2.35. The van der Waals surface area contributed by atoms with Gasteiger partial charge in [0, 0.05) is 45.0 Å². The Balaban J connectivity index is 1.50. The van der Waals surface area contributed by atoms with Gasteiger partial charge in [-0.3, -0.25) is 4.79 Å². The molecule has 1 amide bonds. The lowest BCUT2D eigenvalue weighted by Crippen LogP contribution is -2.52. The van der Waals surface area contributed by atoms with Gasteiger partial charge in [0.25, 0.3) is 0 Å². The van der Waals surface area contributed by atoms with Gasteiger partial charge < -0.3 is 19.8 Å². The summed E-state index contributed by atoms with van der Waals surface area (Å²) in [7, 11) is 2.06. The summed E-state index contributed by atoms with van der Waals surface area (Å²) in [6.07, 6.45) is 1.66. The molecule has 2 heterocycles. The topological polar surface area (TPSA) is 47.0 Å². The van der Waals surface area contributed by atoms with Crippen molar-refractivity contribution in [2.24, 2.45) is 0 Å². The molecular formula is C18H27N3O2. The van der Waals surface area contributed by atoms with Gasteiger partial charge in [-0.2, -0.15) is 0 Å². The Morgan fingerprint density at radius 3 is 2.26 bits per heavy atom. The lowest BCUT2D eigenvalue weighted by molar-refractivity contribution is -0.138. The number of para-hydroxylation sites is 1. The van der Waals surface area contributed by atoms with E-state index in [1.807, 2.05) is 23.1 Å². The second-order valence-corrected chi connectivity index (χ2v) is 6.91. The highest BCUT2D eigenvalue weighted by atomic mass is 16.3. The molecule has 2 saturated heterocycles. The van der Waals surface area contributed by atoms with Crippen molar-refractivity contribution in [2.45, 2.75) is 24.9 Å². The van der Waals surface area contributed by atoms with Crippen molar-refractivity contribution in [2.75, 3.05) is 51.2 Å². The van der Waals surface area contributed by atoms with Crippen LogP contribution in [0.4, 0.5) is 5.69 Å². The third-order valence-corrected chi connectivity index (χ3v) is 5.15. The molecule has 0 aliphatic carbocycles. The number of carbonyl (C=O) groups is 1. The first-order valence-corrected chi connectivity index (χ1v) is 8.54. The van der Waals surface area contributed by atoms with Gasteiger partial charge in [-0.1, -0.05) is 18.2 Å². The Hall–Kier alpha value is -1.59. The van der Waals surface area contributed by atoms with Gasteiger partial charge in [0.1, 0.15) is 0 Å². The predicted octanol–water partition coefficient (Wildman–Crippen LogP) is 1.18. The number of amides is 1. The molecule has 0 saturated carbocycles. The smallest absolute Gasteiger partial charge is 0.225 e. The Kier molecular flexibility index (Phi) is 4.87. The SMILES string of the molecule is CN1CCC(O)(CC(=O)N2CCN(c3ccccc3)CC2)CC1. The monoisotopic (exact) mass is 317 g/mol. The molecule has 1 aromatic rings. The number of hydrogen-bond donors (Lipinski definition) is 1. The maximum Gasteiger partial charge on any atom is 0.225 e. The molecule has 0 unspecified atom stereocenters. The van der Waals surface area contributed by atoms with Crippen LogP contribution < -0.4 is 4.90 Å². The third kappa shape index (κ3) is 4.03. The van der Waals surface area contributed by atoms with Gasteiger partial charge >= 0.3 is 0 Å². The molecule has 5 nitrogen and oxygen atoms in total. The minimum atomic E-state index is -0.805. The fraction of sp³-hybridized carbons (Fsp3) is 0.611. The van der Waals surface area contributed by atoms with Crippen LogP contribution >= 0.6 is 0 Å². The van der Waals surface area contributed by atoms with Crippen LogP contribution in [-0.2, 0) is 4.79 Å². The fourth-order valence-electron chi connectivity index (χ4n) is 3.46. The molecule has 0 atom stereocenters. The molecule has 3 rings (SSSR count). The van der Waals surface area contributed by atoms with Gasteiger partial charge in [0.05, 0.1) is 12.0 Å². The van der Waals surface area contributed by atoms with Gasteiger partial charge in [0.2, 0.25) is 5.91 Å². The molecule has 0 radical (unpaired) electrons. The van der Waals surface area contributed by atoms with E-state index in [-0.39, 0.29) is 12.3 Å². The number of carbonyl (C=O) groups excluding carboxylic acids is 1. The normalized spacial score (nSPS) is 22.2. The zero-order valence-electron chi connectivity index (χ0n) is 13.9. The molecule has 126 valence electrons. The third-order valence-electron chi connectivity index (χ3n) is 5.15. The first-order chi connectivity index (χ1) is 11.1. The predicted molar refractivity (Wildman–Crippen MR) is 91.5 cm³/mol. The average molecular weight is 317 g/mol. The molecular weight excluding hydrogens is 290 g/mol. The molecule has 5 heteroatoms. The molecule has 2 aliphatic heterocycles. The van der Waals surface area contributed by atoms with Crippen molar-refractivity contribution in [3.63, 3.8) is 0 Å². The number of nitrogens with zero attached hydrogens (tertiary/aromatic N) is 3. The maximum absolute atomic E-state index is 12.5. The Bertz CT molecular complexity index is 518. The molecule has 0 bridgehead atoms. The number of hydrogen-bond acceptors (Lipinski definition) is 4. The number of anilines is 1. The van der Waals surface area contributed by atoms with Crippen LogP contribution in [0.2, 0.25) is 0 Å². The number of piperidine rings is 1. The number of rotatable bonds is 3. The van der Waals surface area contributed by atoms with Crippen LogP contribution in [0, 0.1) is 0 Å². The lowest BCUT2D eigenvalue weighted by Gasteiger charge is -2.40. The van der Waals surface area contributed by atoms with Crippen molar-refractivity contribution in [3.05, 3.63) is 30.3 Å². The first kappa shape index (κ1) is 16.3. The largest absolute Gasteiger partial charge is 0.389 e. The number of piperazine rings is 1. The first-order valence-electron chi connectivity index (χ1n) is 8.54. The van der Waals surface area contributed by atoms with E-state index >= 15 is 0 Å². The second kappa shape index (κ2) is 6.89. The highest BCUT2D eigenvalue weighted by Crippen LogP contribution is 2.26. The fourth-order valence-corrected chi connectivity index (χ4v) is 3.46. The van der Waals surface area contributed by atoms with Crippen molar-refractivity contribution >= 4 is 11.6 Å². The zero-order valence-corrected chi connectivity index (χ0v) is 13.9. The van der Waals surface area contributed by atoms with E-state index < -0.39 is 5.60 Å². The van der Waals surface area contributed by atoms with Gasteiger partial charge in [-0.25, -0.2) is 0 Å². The zero-order chi connectivity index (χ0) is 16.3. The van der Waals surface area contributed by atoms with E-state index in [1.54, 1.807) is 0 Å². The molecule has 1 N–H and O–H groups in total. The minimum absolute atomic E-state index is 0.102. The lowest BCUT2D eigenvalue weighted by atomic mass is 9.88. The highest BCUT2D eigenvalue weighted by molar-refractivity contribution is 5.77. The second-order valence-electron chi connectivity index (χ2n) is 6.91. The van der Waals surface area contributed by atoms with E-state index in [0.29, 0.717) is 12.8 Å². The van der Waals surface area contributed by atoms with E-state index in [0.717, 1.165) is 39.3 Å². The summed E-state index contributed by atoms with van der Waals surface area (Å²) < 4.78 is 0. The van der Waals surface area contributed by atoms with Crippen LogP contribution in [0.15, 0.2) is 30.3 Å². The van der Waals surface area contributed by atoms with E-state index in [4.69, 9.17) is 0 Å². The van der Waals surface area contributed by atoms with Gasteiger partial charge in [0.15, 0.2) is 0 Å². The van der Waals surface area contributed by atoms with E-state index in [1.165, 1.54) is 5.69 Å². The van der Waals surface area contributed by atoms with E-state index in [9.17, 15) is 9.90 Å². The summed E-state index contributed by atoms with van der Waals surface area (Å²) >= 11 is 0. The number of aliphatic hydroxyl groups is 1. The quantitative estimate of drug-likeness (QED) is 0.909. The van der Waals surface area contributed by atoms with Crippen LogP contribution in [0.1, 0.15) is 19.3 Å². The molecule has 1 aromatic carbocycles. The Morgan fingerprint density at radius 1 is 1.04 bits per heavy atom. The molecule has 0 aromatic heterocycles. The van der Waals surface area contributed by atoms with Crippen LogP contribution in [0.5, 0.6) is 0 Å². The van der Waals surface area contributed by atoms with Crippen LogP contribution in [-0.4, -0.2) is 72.7 Å². The summed E-state index contributed by atoms with van der Waals surface area (Å²) in [5.41, 5.74) is 0.411. The van der Waals surface area contributed by atoms with Crippen molar-refractivity contribution in [1.82, 2.24) is 9.80 Å². The molecule has 23 heavy (non-hydrogen) atoms. The van der Waals surface area contributed by atoms with Crippen molar-refractivity contribution in [1.29, 1.82) is 0 Å².